The molecule has 2 aromatic heterocycles. The van der Waals surface area contributed by atoms with Gasteiger partial charge in [-0.25, -0.2) is 4.98 Å². The molecule has 0 saturated carbocycles. The second-order valence-electron chi connectivity index (χ2n) is 5.22. The number of thiazole rings is 1. The fourth-order valence-electron chi connectivity index (χ4n) is 2.39. The molecule has 6 heteroatoms. The number of hydrogen-bond acceptors (Lipinski definition) is 4. The second kappa shape index (κ2) is 4.96. The highest BCUT2D eigenvalue weighted by atomic mass is 32.1. The molecule has 0 spiro atoms. The van der Waals surface area contributed by atoms with E-state index in [1.807, 2.05) is 26.8 Å². The summed E-state index contributed by atoms with van der Waals surface area (Å²) in [6.45, 7) is 5.64. The molecule has 5 nitrogen and oxygen atoms in total. The third kappa shape index (κ3) is 2.12. The fraction of sp³-hybridized carbons (Fsp3) is 0.267. The lowest BCUT2D eigenvalue weighted by molar-refractivity contribution is 0.103. The monoisotopic (exact) mass is 301 g/mol. The Morgan fingerprint density at radius 1 is 1.33 bits per heavy atom. The SMILES string of the molecule is Cc1c(C(=O)c2c[nH]n(C(C)C)c2=O)ccc2scnc12. The van der Waals surface area contributed by atoms with Crippen molar-refractivity contribution in [3.05, 3.63) is 50.9 Å². The quantitative estimate of drug-likeness (QED) is 0.756. The minimum Gasteiger partial charge on any atom is -0.302 e. The van der Waals surface area contributed by atoms with Gasteiger partial charge in [0.05, 0.1) is 15.7 Å². The molecule has 0 amide bonds. The highest BCUT2D eigenvalue weighted by Crippen LogP contribution is 2.25. The number of aryl methyl sites for hydroxylation is 1. The maximum atomic E-state index is 12.6. The molecule has 1 aromatic carbocycles. The molecule has 0 aliphatic heterocycles. The molecule has 108 valence electrons. The van der Waals surface area contributed by atoms with Crippen LogP contribution in [0.2, 0.25) is 0 Å². The number of rotatable bonds is 3. The van der Waals surface area contributed by atoms with Gasteiger partial charge in [-0.2, -0.15) is 0 Å². The van der Waals surface area contributed by atoms with Crippen LogP contribution in [0.5, 0.6) is 0 Å². The van der Waals surface area contributed by atoms with E-state index >= 15 is 0 Å². The number of aromatic nitrogens is 3. The Bertz CT molecular complexity index is 886. The lowest BCUT2D eigenvalue weighted by Crippen LogP contribution is -2.23. The summed E-state index contributed by atoms with van der Waals surface area (Å²) >= 11 is 1.53. The summed E-state index contributed by atoms with van der Waals surface area (Å²) in [5.74, 6) is -0.261. The highest BCUT2D eigenvalue weighted by Gasteiger charge is 2.20. The molecule has 0 aliphatic carbocycles. The summed E-state index contributed by atoms with van der Waals surface area (Å²) in [4.78, 5) is 29.2. The zero-order valence-corrected chi connectivity index (χ0v) is 12.8. The summed E-state index contributed by atoms with van der Waals surface area (Å²) in [7, 11) is 0. The van der Waals surface area contributed by atoms with Crippen LogP contribution < -0.4 is 5.56 Å². The van der Waals surface area contributed by atoms with Gasteiger partial charge in [0.25, 0.3) is 5.56 Å². The first-order valence-electron chi connectivity index (χ1n) is 6.68. The Hall–Kier alpha value is -2.21. The molecule has 0 unspecified atom stereocenters. The predicted octanol–water partition coefficient (Wildman–Crippen LogP) is 2.91. The van der Waals surface area contributed by atoms with E-state index in [0.29, 0.717) is 5.56 Å². The summed E-state index contributed by atoms with van der Waals surface area (Å²) in [6.07, 6.45) is 1.48. The number of hydrogen-bond donors (Lipinski definition) is 1. The van der Waals surface area contributed by atoms with Crippen LogP contribution in [-0.2, 0) is 0 Å². The Morgan fingerprint density at radius 3 is 2.76 bits per heavy atom. The second-order valence-corrected chi connectivity index (χ2v) is 6.11. The van der Waals surface area contributed by atoms with E-state index in [-0.39, 0.29) is 22.9 Å². The molecule has 0 aliphatic rings. The molecular formula is C15H15N3O2S. The van der Waals surface area contributed by atoms with Crippen molar-refractivity contribution >= 4 is 27.3 Å². The van der Waals surface area contributed by atoms with Gasteiger partial charge >= 0.3 is 0 Å². The Kier molecular flexibility index (Phi) is 3.25. The van der Waals surface area contributed by atoms with Crippen LogP contribution in [0.25, 0.3) is 10.2 Å². The Balaban J connectivity index is 2.13. The van der Waals surface area contributed by atoms with Crippen molar-refractivity contribution in [1.82, 2.24) is 14.8 Å². The van der Waals surface area contributed by atoms with Crippen LogP contribution in [0.15, 0.2) is 28.6 Å². The summed E-state index contributed by atoms with van der Waals surface area (Å²) in [5, 5.41) is 2.85. The van der Waals surface area contributed by atoms with Crippen LogP contribution in [0.3, 0.4) is 0 Å². The van der Waals surface area contributed by atoms with Crippen molar-refractivity contribution in [2.24, 2.45) is 0 Å². The molecule has 1 N–H and O–H groups in total. The number of fused-ring (bicyclic) bond motifs is 1. The van der Waals surface area contributed by atoms with E-state index in [2.05, 4.69) is 10.1 Å². The zero-order chi connectivity index (χ0) is 15.1. The van der Waals surface area contributed by atoms with Crippen molar-refractivity contribution in [2.45, 2.75) is 26.8 Å². The number of carbonyl (C=O) groups excluding carboxylic acids is 1. The molecule has 3 rings (SSSR count). The topological polar surface area (TPSA) is 67.8 Å². The highest BCUT2D eigenvalue weighted by molar-refractivity contribution is 7.16. The zero-order valence-electron chi connectivity index (χ0n) is 12.0. The van der Waals surface area contributed by atoms with Gasteiger partial charge in [0.1, 0.15) is 5.56 Å². The van der Waals surface area contributed by atoms with Gasteiger partial charge in [0.2, 0.25) is 5.78 Å². The number of carbonyl (C=O) groups is 1. The van der Waals surface area contributed by atoms with E-state index in [9.17, 15) is 9.59 Å². The van der Waals surface area contributed by atoms with Gasteiger partial charge < -0.3 is 5.10 Å². The number of nitrogens with zero attached hydrogens (tertiary/aromatic N) is 2. The van der Waals surface area contributed by atoms with Gasteiger partial charge in [0.15, 0.2) is 0 Å². The van der Waals surface area contributed by atoms with Crippen molar-refractivity contribution in [1.29, 1.82) is 0 Å². The molecule has 0 atom stereocenters. The fourth-order valence-corrected chi connectivity index (χ4v) is 3.12. The normalized spacial score (nSPS) is 11.4. The first-order chi connectivity index (χ1) is 10.0. The Morgan fingerprint density at radius 2 is 2.10 bits per heavy atom. The van der Waals surface area contributed by atoms with Crippen LogP contribution in [-0.4, -0.2) is 20.5 Å². The molecule has 0 radical (unpaired) electrons. The number of aromatic amines is 1. The first kappa shape index (κ1) is 13.8. The standard InChI is InChI=1S/C15H15N3O2S/c1-8(2)18-15(20)11(6-17-18)14(19)10-4-5-12-13(9(10)3)16-7-21-12/h4-8,17H,1-3H3. The number of nitrogens with one attached hydrogen (secondary N) is 1. The van der Waals surface area contributed by atoms with E-state index < -0.39 is 0 Å². The predicted molar refractivity (Wildman–Crippen MR) is 83.2 cm³/mol. The van der Waals surface area contributed by atoms with Crippen LogP contribution in [0.1, 0.15) is 41.4 Å². The molecular weight excluding hydrogens is 286 g/mol. The van der Waals surface area contributed by atoms with E-state index in [4.69, 9.17) is 0 Å². The Labute approximate surface area is 125 Å². The maximum absolute atomic E-state index is 12.6. The minimum atomic E-state index is -0.284. The molecule has 0 saturated heterocycles. The maximum Gasteiger partial charge on any atom is 0.277 e. The number of benzene rings is 1. The molecule has 21 heavy (non-hydrogen) atoms. The average Bonchev–Trinajstić information content (AvgIpc) is 3.05. The molecule has 0 bridgehead atoms. The lowest BCUT2D eigenvalue weighted by atomic mass is 10.0. The van der Waals surface area contributed by atoms with Crippen molar-refractivity contribution < 1.29 is 4.79 Å². The van der Waals surface area contributed by atoms with Gasteiger partial charge in [-0.1, -0.05) is 0 Å². The van der Waals surface area contributed by atoms with Gasteiger partial charge in [0, 0.05) is 17.8 Å². The van der Waals surface area contributed by atoms with Crippen LogP contribution in [0.4, 0.5) is 0 Å². The van der Waals surface area contributed by atoms with Crippen LogP contribution in [0, 0.1) is 6.92 Å². The summed E-state index contributed by atoms with van der Waals surface area (Å²) in [5.41, 5.74) is 3.81. The van der Waals surface area contributed by atoms with Crippen molar-refractivity contribution in [2.75, 3.05) is 0 Å². The first-order valence-corrected chi connectivity index (χ1v) is 7.56. The third-order valence-corrected chi connectivity index (χ3v) is 4.35. The third-order valence-electron chi connectivity index (χ3n) is 3.56. The molecule has 3 aromatic rings. The largest absolute Gasteiger partial charge is 0.302 e. The van der Waals surface area contributed by atoms with Gasteiger partial charge in [-0.05, 0) is 38.5 Å². The van der Waals surface area contributed by atoms with Gasteiger partial charge in [-0.3, -0.25) is 14.3 Å². The van der Waals surface area contributed by atoms with E-state index in [1.54, 1.807) is 11.6 Å². The van der Waals surface area contributed by atoms with Crippen molar-refractivity contribution in [3.8, 4) is 0 Å². The minimum absolute atomic E-state index is 0.0128. The average molecular weight is 301 g/mol. The van der Waals surface area contributed by atoms with E-state index in [1.165, 1.54) is 22.2 Å². The summed E-state index contributed by atoms with van der Waals surface area (Å²) < 4.78 is 2.49. The van der Waals surface area contributed by atoms with Crippen LogP contribution >= 0.6 is 11.3 Å². The number of ketones is 1. The van der Waals surface area contributed by atoms with E-state index in [0.717, 1.165) is 15.8 Å². The smallest absolute Gasteiger partial charge is 0.277 e. The summed E-state index contributed by atoms with van der Waals surface area (Å²) in [6, 6.07) is 3.63. The molecule has 0 fully saturated rings. The number of H-pyrrole nitrogens is 1. The lowest BCUT2D eigenvalue weighted by Gasteiger charge is -2.05. The molecule has 2 heterocycles. The van der Waals surface area contributed by atoms with Gasteiger partial charge in [-0.15, -0.1) is 11.3 Å². The van der Waals surface area contributed by atoms with Crippen molar-refractivity contribution in [3.63, 3.8) is 0 Å².